The fourth-order valence-electron chi connectivity index (χ4n) is 3.29. The van der Waals surface area contributed by atoms with E-state index in [1.165, 1.54) is 7.05 Å². The summed E-state index contributed by atoms with van der Waals surface area (Å²) in [5, 5.41) is 0.605. The third-order valence-electron chi connectivity index (χ3n) is 4.96. The molecule has 10 heteroatoms. The molecule has 0 atom stereocenters. The zero-order valence-electron chi connectivity index (χ0n) is 16.8. The van der Waals surface area contributed by atoms with Crippen LogP contribution < -0.4 is 15.1 Å². The lowest BCUT2D eigenvalue weighted by Crippen LogP contribution is -2.30. The lowest BCUT2D eigenvalue weighted by Gasteiger charge is -2.10. The third-order valence-corrected chi connectivity index (χ3v) is 6.49. The highest BCUT2D eigenvalue weighted by atomic mass is 35.5. The Balaban J connectivity index is 1.69. The minimum absolute atomic E-state index is 0.201. The molecule has 32 heavy (non-hydrogen) atoms. The number of fused-ring (bicyclic) bond motifs is 1. The quantitative estimate of drug-likeness (QED) is 0.296. The van der Waals surface area contributed by atoms with Crippen molar-refractivity contribution in [1.29, 1.82) is 0 Å². The van der Waals surface area contributed by atoms with Crippen molar-refractivity contribution in [2.75, 3.05) is 7.05 Å². The van der Waals surface area contributed by atoms with Crippen molar-refractivity contribution in [1.82, 2.24) is 25.1 Å². The van der Waals surface area contributed by atoms with Crippen LogP contribution in [-0.4, -0.2) is 31.3 Å². The molecule has 2 heterocycles. The normalized spacial score (nSPS) is 11.4. The van der Waals surface area contributed by atoms with Crippen molar-refractivity contribution in [3.05, 3.63) is 78.6 Å². The molecule has 4 rings (SSSR count). The summed E-state index contributed by atoms with van der Waals surface area (Å²) in [6.07, 6.45) is 3.19. The van der Waals surface area contributed by atoms with E-state index in [-0.39, 0.29) is 4.90 Å². The minimum Gasteiger partial charge on any atom is -0.273 e. The summed E-state index contributed by atoms with van der Waals surface area (Å²) in [5.74, 6) is -0.408. The van der Waals surface area contributed by atoms with Crippen LogP contribution in [0.4, 0.5) is 0 Å². The van der Waals surface area contributed by atoms with Crippen LogP contribution in [0.3, 0.4) is 0 Å². The molecule has 0 aliphatic rings. The van der Waals surface area contributed by atoms with Crippen LogP contribution in [0.2, 0.25) is 0 Å². The molecule has 0 spiro atoms. The fraction of sp³-hybridized carbons (Fsp3) is 0.0455. The number of pyridine rings is 2. The lowest BCUT2D eigenvalue weighted by atomic mass is 10.0. The molecule has 0 radical (unpaired) electrons. The first-order valence-electron chi connectivity index (χ1n) is 9.48. The molecule has 4 aromatic rings. The molecule has 0 saturated heterocycles. The predicted molar refractivity (Wildman–Crippen MR) is 123 cm³/mol. The highest BCUT2D eigenvalue weighted by molar-refractivity contribution is 7.89. The summed E-state index contributed by atoms with van der Waals surface area (Å²) in [6, 6.07) is 17.6. The maximum Gasteiger partial charge on any atom is 0.267 e. The largest absolute Gasteiger partial charge is 0.273 e. The van der Waals surface area contributed by atoms with Crippen LogP contribution in [0, 0.1) is 0 Å². The van der Waals surface area contributed by atoms with E-state index in [4.69, 9.17) is 11.8 Å². The van der Waals surface area contributed by atoms with Gasteiger partial charge in [0.25, 0.3) is 5.91 Å². The first-order chi connectivity index (χ1) is 15.4. The Morgan fingerprint density at radius 2 is 1.56 bits per heavy atom. The van der Waals surface area contributed by atoms with E-state index in [0.29, 0.717) is 22.2 Å². The predicted octanol–water partition coefficient (Wildman–Crippen LogP) is 3.26. The van der Waals surface area contributed by atoms with Gasteiger partial charge in [-0.2, -0.15) is 0 Å². The summed E-state index contributed by atoms with van der Waals surface area (Å²) >= 11 is 5.42. The number of nitrogens with one attached hydrogen (secondary N) is 3. The van der Waals surface area contributed by atoms with E-state index in [9.17, 15) is 13.2 Å². The second-order valence-corrected chi connectivity index (χ2v) is 8.88. The molecular weight excluding hydrogens is 450 g/mol. The van der Waals surface area contributed by atoms with E-state index in [1.54, 1.807) is 48.8 Å². The first-order valence-corrected chi connectivity index (χ1v) is 11.3. The molecule has 0 bridgehead atoms. The van der Waals surface area contributed by atoms with Crippen molar-refractivity contribution in [3.63, 3.8) is 0 Å². The van der Waals surface area contributed by atoms with E-state index < -0.39 is 15.9 Å². The van der Waals surface area contributed by atoms with E-state index in [1.807, 2.05) is 24.3 Å². The molecule has 3 N–H and O–H groups in total. The number of halogens is 1. The van der Waals surface area contributed by atoms with E-state index in [2.05, 4.69) is 25.1 Å². The maximum absolute atomic E-state index is 12.4. The molecule has 0 saturated carbocycles. The van der Waals surface area contributed by atoms with Crippen LogP contribution >= 0.6 is 11.8 Å². The highest BCUT2D eigenvalue weighted by Gasteiger charge is 2.14. The zero-order chi connectivity index (χ0) is 22.7. The third kappa shape index (κ3) is 4.32. The van der Waals surface area contributed by atoms with Crippen molar-refractivity contribution in [2.24, 2.45) is 0 Å². The number of hydrazine groups is 1. The molecule has 2 aromatic carbocycles. The summed E-state index contributed by atoms with van der Waals surface area (Å²) in [5.41, 5.74) is 6.59. The number of rotatable bonds is 6. The highest BCUT2D eigenvalue weighted by Crippen LogP contribution is 2.27. The SMILES string of the molecule is CNS(=O)(=O)c1ccc(-c2ccc(-c3cc(C(=O)NNCl)c4cnccc4n3)cc2)cc1. The monoisotopic (exact) mass is 467 g/mol. The Kier molecular flexibility index (Phi) is 6.15. The van der Waals surface area contributed by atoms with Crippen molar-refractivity contribution in [2.45, 2.75) is 4.90 Å². The summed E-state index contributed by atoms with van der Waals surface area (Å²) in [4.78, 5) is 23.5. The molecule has 0 aliphatic carbocycles. The van der Waals surface area contributed by atoms with Gasteiger partial charge in [0.15, 0.2) is 0 Å². The molecule has 2 aromatic heterocycles. The molecule has 1 amide bonds. The number of hydrogen-bond acceptors (Lipinski definition) is 6. The van der Waals surface area contributed by atoms with Crippen molar-refractivity contribution < 1.29 is 13.2 Å². The molecule has 0 fully saturated rings. The Labute approximate surface area is 189 Å². The van der Waals surface area contributed by atoms with Crippen LogP contribution in [0.1, 0.15) is 10.4 Å². The van der Waals surface area contributed by atoms with E-state index in [0.717, 1.165) is 16.7 Å². The summed E-state index contributed by atoms with van der Waals surface area (Å²) in [6.45, 7) is 0. The van der Waals surface area contributed by atoms with Crippen LogP contribution in [0.15, 0.2) is 78.0 Å². The second kappa shape index (κ2) is 9.01. The number of sulfonamides is 1. The first kappa shape index (κ1) is 21.8. The van der Waals surface area contributed by atoms with E-state index >= 15 is 0 Å². The number of benzene rings is 2. The van der Waals surface area contributed by atoms with Crippen LogP contribution in [0.5, 0.6) is 0 Å². The van der Waals surface area contributed by atoms with Gasteiger partial charge < -0.3 is 0 Å². The fourth-order valence-corrected chi connectivity index (χ4v) is 4.11. The number of aromatic nitrogens is 2. The Bertz CT molecular complexity index is 1390. The summed E-state index contributed by atoms with van der Waals surface area (Å²) in [7, 11) is -2.11. The average molecular weight is 468 g/mol. The van der Waals surface area contributed by atoms with Gasteiger partial charge in [-0.25, -0.2) is 18.1 Å². The lowest BCUT2D eigenvalue weighted by molar-refractivity contribution is 0.0947. The average Bonchev–Trinajstić information content (AvgIpc) is 2.83. The van der Waals surface area contributed by atoms with Gasteiger partial charge in [0.1, 0.15) is 0 Å². The van der Waals surface area contributed by atoms with Crippen LogP contribution in [-0.2, 0) is 10.0 Å². The van der Waals surface area contributed by atoms with Gasteiger partial charge in [-0.05, 0) is 54.2 Å². The van der Waals surface area contributed by atoms with Crippen molar-refractivity contribution >= 4 is 38.6 Å². The number of nitrogens with zero attached hydrogens (tertiary/aromatic N) is 2. The number of carbonyl (C=O) groups is 1. The Hall–Kier alpha value is -3.37. The van der Waals surface area contributed by atoms with Gasteiger partial charge in [-0.3, -0.25) is 15.2 Å². The standard InChI is InChI=1S/C22H18ClN5O3S/c1-24-32(30,31)17-8-6-15(7-9-17)14-2-4-16(5-3-14)21-12-18(22(29)27-28-23)19-13-25-11-10-20(19)26-21/h2-13,24,28H,1H3,(H,27,29). The molecule has 8 nitrogen and oxygen atoms in total. The van der Waals surface area contributed by atoms with Crippen LogP contribution in [0.25, 0.3) is 33.3 Å². The second-order valence-electron chi connectivity index (χ2n) is 6.81. The molecular formula is C22H18ClN5O3S. The van der Waals surface area contributed by atoms with Gasteiger partial charge in [0.2, 0.25) is 10.0 Å². The van der Waals surface area contributed by atoms with Gasteiger partial charge in [0.05, 0.1) is 21.7 Å². The van der Waals surface area contributed by atoms with Gasteiger partial charge >= 0.3 is 0 Å². The minimum atomic E-state index is -3.48. The Morgan fingerprint density at radius 1 is 0.938 bits per heavy atom. The van der Waals surface area contributed by atoms with Gasteiger partial charge in [-0.15, -0.1) is 4.94 Å². The topological polar surface area (TPSA) is 113 Å². The molecule has 0 aliphatic heterocycles. The zero-order valence-corrected chi connectivity index (χ0v) is 18.4. The smallest absolute Gasteiger partial charge is 0.267 e. The number of amides is 1. The Morgan fingerprint density at radius 3 is 2.19 bits per heavy atom. The van der Waals surface area contributed by atoms with Crippen molar-refractivity contribution in [3.8, 4) is 22.4 Å². The maximum atomic E-state index is 12.4. The van der Waals surface area contributed by atoms with Gasteiger partial charge in [0, 0.05) is 23.3 Å². The number of carbonyl (C=O) groups excluding carboxylic acids is 1. The summed E-state index contributed by atoms with van der Waals surface area (Å²) < 4.78 is 26.1. The number of hydrogen-bond donors (Lipinski definition) is 3. The molecule has 162 valence electrons. The van der Waals surface area contributed by atoms with Gasteiger partial charge in [-0.1, -0.05) is 36.4 Å². The molecule has 0 unspecified atom stereocenters.